The molecule has 1 aromatic carbocycles. The first-order valence-electron chi connectivity index (χ1n) is 10.3. The highest BCUT2D eigenvalue weighted by Gasteiger charge is 2.28. The predicted molar refractivity (Wildman–Crippen MR) is 115 cm³/mol. The Kier molecular flexibility index (Phi) is 6.46. The number of piperidine rings is 1. The Balaban J connectivity index is 1.46. The third-order valence-corrected chi connectivity index (χ3v) is 5.71. The van der Waals surface area contributed by atoms with Crippen LogP contribution in [0.1, 0.15) is 31.2 Å². The van der Waals surface area contributed by atoms with E-state index in [1.165, 1.54) is 12.1 Å². The normalized spacial score (nSPS) is 16.4. The van der Waals surface area contributed by atoms with Crippen LogP contribution in [0.2, 0.25) is 5.02 Å². The summed E-state index contributed by atoms with van der Waals surface area (Å²) in [5.41, 5.74) is 1.46. The van der Waals surface area contributed by atoms with Crippen molar-refractivity contribution < 1.29 is 13.7 Å². The number of carbonyl (C=O) groups is 1. The molecule has 162 valence electrons. The molecule has 3 aromatic rings. The van der Waals surface area contributed by atoms with Crippen molar-refractivity contribution in [3.05, 3.63) is 58.8 Å². The van der Waals surface area contributed by atoms with Gasteiger partial charge in [-0.1, -0.05) is 29.7 Å². The van der Waals surface area contributed by atoms with E-state index < -0.39 is 5.82 Å². The molecular formula is C22H23ClFN5O2. The zero-order valence-corrected chi connectivity index (χ0v) is 17.9. The minimum absolute atomic E-state index is 0.0598. The van der Waals surface area contributed by atoms with Gasteiger partial charge in [0.05, 0.1) is 11.5 Å². The molecule has 0 spiro atoms. The summed E-state index contributed by atoms with van der Waals surface area (Å²) in [6.45, 7) is 3.53. The summed E-state index contributed by atoms with van der Waals surface area (Å²) in [4.78, 5) is 23.9. The van der Waals surface area contributed by atoms with Crippen molar-refractivity contribution in [2.24, 2.45) is 5.92 Å². The molecule has 2 aromatic heterocycles. The van der Waals surface area contributed by atoms with Crippen molar-refractivity contribution in [3.8, 4) is 11.4 Å². The van der Waals surface area contributed by atoms with Gasteiger partial charge in [0.15, 0.2) is 0 Å². The van der Waals surface area contributed by atoms with Crippen molar-refractivity contribution in [2.45, 2.75) is 32.7 Å². The molecule has 4 rings (SSSR count). The van der Waals surface area contributed by atoms with Crippen molar-refractivity contribution in [1.82, 2.24) is 20.4 Å². The number of aryl methyl sites for hydroxylation is 1. The maximum absolute atomic E-state index is 13.2. The molecule has 1 aliphatic rings. The van der Waals surface area contributed by atoms with E-state index in [4.69, 9.17) is 16.1 Å². The molecule has 0 bridgehead atoms. The molecular weight excluding hydrogens is 421 g/mol. The molecule has 1 amide bonds. The van der Waals surface area contributed by atoms with Gasteiger partial charge in [0, 0.05) is 37.3 Å². The highest BCUT2D eigenvalue weighted by molar-refractivity contribution is 6.31. The second-order valence-corrected chi connectivity index (χ2v) is 7.89. The summed E-state index contributed by atoms with van der Waals surface area (Å²) < 4.78 is 18.5. The summed E-state index contributed by atoms with van der Waals surface area (Å²) in [7, 11) is 0. The molecule has 7 nitrogen and oxygen atoms in total. The van der Waals surface area contributed by atoms with E-state index in [1.807, 2.05) is 19.1 Å². The maximum Gasteiger partial charge on any atom is 0.226 e. The molecule has 1 aliphatic heterocycles. The topological polar surface area (TPSA) is 84.2 Å². The van der Waals surface area contributed by atoms with Crippen LogP contribution in [0.5, 0.6) is 0 Å². The Labute approximate surface area is 184 Å². The number of nitrogens with one attached hydrogen (secondary N) is 1. The van der Waals surface area contributed by atoms with Crippen molar-refractivity contribution in [1.29, 1.82) is 0 Å². The van der Waals surface area contributed by atoms with Crippen LogP contribution >= 0.6 is 11.6 Å². The lowest BCUT2D eigenvalue weighted by Gasteiger charge is -2.33. The quantitative estimate of drug-likeness (QED) is 0.619. The number of aromatic nitrogens is 3. The van der Waals surface area contributed by atoms with Gasteiger partial charge >= 0.3 is 0 Å². The van der Waals surface area contributed by atoms with Gasteiger partial charge in [-0.05, 0) is 42.7 Å². The third-order valence-electron chi connectivity index (χ3n) is 5.36. The minimum Gasteiger partial charge on any atom is -0.355 e. The van der Waals surface area contributed by atoms with Crippen LogP contribution in [-0.4, -0.2) is 34.1 Å². The molecule has 1 N–H and O–H groups in total. The minimum atomic E-state index is -0.401. The lowest BCUT2D eigenvalue weighted by Crippen LogP contribution is -2.43. The van der Waals surface area contributed by atoms with Gasteiger partial charge in [0.25, 0.3) is 0 Å². The van der Waals surface area contributed by atoms with Gasteiger partial charge in [-0.25, -0.2) is 9.37 Å². The number of pyridine rings is 1. The Morgan fingerprint density at radius 2 is 2.26 bits per heavy atom. The number of hydrogen-bond acceptors (Lipinski definition) is 6. The molecule has 1 atom stereocenters. The zero-order chi connectivity index (χ0) is 21.8. The number of hydrogen-bond donors (Lipinski definition) is 1. The number of rotatable bonds is 6. The van der Waals surface area contributed by atoms with Gasteiger partial charge in [0.1, 0.15) is 11.6 Å². The lowest BCUT2D eigenvalue weighted by atomic mass is 9.96. The second-order valence-electron chi connectivity index (χ2n) is 7.48. The van der Waals surface area contributed by atoms with E-state index in [0.29, 0.717) is 35.3 Å². The van der Waals surface area contributed by atoms with Crippen molar-refractivity contribution in [3.63, 3.8) is 0 Å². The fourth-order valence-electron chi connectivity index (χ4n) is 3.71. The summed E-state index contributed by atoms with van der Waals surface area (Å²) in [5, 5.41) is 7.30. The average Bonchev–Trinajstić information content (AvgIpc) is 3.28. The van der Waals surface area contributed by atoms with Gasteiger partial charge in [-0.3, -0.25) is 4.79 Å². The number of nitrogens with zero attached hydrogens (tertiary/aromatic N) is 4. The summed E-state index contributed by atoms with van der Waals surface area (Å²) >= 11 is 6.06. The first-order valence-corrected chi connectivity index (χ1v) is 10.7. The number of carbonyl (C=O) groups excluding carboxylic acids is 1. The molecule has 0 saturated carbocycles. The van der Waals surface area contributed by atoms with E-state index >= 15 is 0 Å². The third kappa shape index (κ3) is 4.85. The molecule has 0 unspecified atom stereocenters. The smallest absolute Gasteiger partial charge is 0.226 e. The van der Waals surface area contributed by atoms with Crippen molar-refractivity contribution in [2.75, 3.05) is 18.0 Å². The van der Waals surface area contributed by atoms with E-state index in [1.54, 1.807) is 12.3 Å². The largest absolute Gasteiger partial charge is 0.355 e. The number of benzene rings is 1. The first kappa shape index (κ1) is 21.2. The molecule has 1 fully saturated rings. The van der Waals surface area contributed by atoms with E-state index in [0.717, 1.165) is 30.8 Å². The van der Waals surface area contributed by atoms with Crippen LogP contribution in [-0.2, 0) is 17.8 Å². The predicted octanol–water partition coefficient (Wildman–Crippen LogP) is 4.02. The van der Waals surface area contributed by atoms with Crippen LogP contribution in [0.15, 0.2) is 41.1 Å². The zero-order valence-electron chi connectivity index (χ0n) is 17.1. The molecule has 0 radical (unpaired) electrons. The Morgan fingerprint density at radius 1 is 1.39 bits per heavy atom. The van der Waals surface area contributed by atoms with E-state index in [-0.39, 0.29) is 18.4 Å². The van der Waals surface area contributed by atoms with Crippen LogP contribution in [0.3, 0.4) is 0 Å². The fraction of sp³-hybridized carbons (Fsp3) is 0.364. The Morgan fingerprint density at radius 3 is 3.03 bits per heavy atom. The van der Waals surface area contributed by atoms with Gasteiger partial charge in [-0.15, -0.1) is 0 Å². The standard InChI is InChI=1S/C22H23ClFN5O2/c1-2-19-27-20(28-31-19)17-6-3-9-25-21(17)29-10-4-5-15(13-29)22(30)26-12-14-7-8-16(24)11-18(14)23/h3,6-9,11,15H,2,4-5,10,12-13H2,1H3,(H,26,30)/t15-/m0/s1. The van der Waals surface area contributed by atoms with Crippen LogP contribution in [0.25, 0.3) is 11.4 Å². The average molecular weight is 444 g/mol. The summed E-state index contributed by atoms with van der Waals surface area (Å²) in [6, 6.07) is 7.91. The Bertz CT molecular complexity index is 1070. The fourth-order valence-corrected chi connectivity index (χ4v) is 3.94. The number of anilines is 1. The molecule has 9 heteroatoms. The summed E-state index contributed by atoms with van der Waals surface area (Å²) in [5.74, 6) is 1.15. The highest BCUT2D eigenvalue weighted by atomic mass is 35.5. The SMILES string of the molecule is CCc1nc(-c2cccnc2N2CCC[C@H](C(=O)NCc3ccc(F)cc3Cl)C2)no1. The second kappa shape index (κ2) is 9.43. The highest BCUT2D eigenvalue weighted by Crippen LogP contribution is 2.30. The maximum atomic E-state index is 13.2. The number of halogens is 2. The van der Waals surface area contributed by atoms with Crippen molar-refractivity contribution >= 4 is 23.3 Å². The van der Waals surface area contributed by atoms with Crippen LogP contribution < -0.4 is 10.2 Å². The van der Waals surface area contributed by atoms with Gasteiger partial charge in [-0.2, -0.15) is 4.98 Å². The summed E-state index contributed by atoms with van der Waals surface area (Å²) in [6.07, 6.45) is 4.02. The molecule has 31 heavy (non-hydrogen) atoms. The first-order chi connectivity index (χ1) is 15.0. The Hall–Kier alpha value is -3.00. The monoisotopic (exact) mass is 443 g/mol. The lowest BCUT2D eigenvalue weighted by molar-refractivity contribution is -0.125. The molecule has 1 saturated heterocycles. The van der Waals surface area contributed by atoms with E-state index in [2.05, 4.69) is 25.3 Å². The van der Waals surface area contributed by atoms with Crippen LogP contribution in [0, 0.1) is 11.7 Å². The van der Waals surface area contributed by atoms with Gasteiger partial charge < -0.3 is 14.7 Å². The number of amides is 1. The molecule has 3 heterocycles. The molecule has 0 aliphatic carbocycles. The van der Waals surface area contributed by atoms with Gasteiger partial charge in [0.2, 0.25) is 17.6 Å². The van der Waals surface area contributed by atoms with E-state index in [9.17, 15) is 9.18 Å². The van der Waals surface area contributed by atoms with Crippen LogP contribution in [0.4, 0.5) is 10.2 Å².